The number of rotatable bonds is 9. The molecule has 0 aliphatic carbocycles. The lowest BCUT2D eigenvalue weighted by Gasteiger charge is -2.25. The van der Waals surface area contributed by atoms with Crippen molar-refractivity contribution in [3.63, 3.8) is 0 Å². The molecule has 180 valence electrons. The molecule has 0 N–H and O–H groups in total. The van der Waals surface area contributed by atoms with Crippen LogP contribution in [0.15, 0.2) is 54.6 Å². The van der Waals surface area contributed by atoms with Gasteiger partial charge in [0, 0.05) is 31.9 Å². The Morgan fingerprint density at radius 2 is 1.68 bits per heavy atom. The van der Waals surface area contributed by atoms with Gasteiger partial charge in [-0.25, -0.2) is 9.07 Å². The zero-order chi connectivity index (χ0) is 23.3. The highest BCUT2D eigenvalue weighted by Gasteiger charge is 2.23. The highest BCUT2D eigenvalue weighted by Crippen LogP contribution is 2.23. The van der Waals surface area contributed by atoms with E-state index in [0.29, 0.717) is 18.0 Å². The Labute approximate surface area is 204 Å². The van der Waals surface area contributed by atoms with E-state index in [-0.39, 0.29) is 18.0 Å². The first kappa shape index (κ1) is 23.4. The second-order valence-electron chi connectivity index (χ2n) is 9.13. The minimum atomic E-state index is -0.266. The van der Waals surface area contributed by atoms with Gasteiger partial charge >= 0.3 is 0 Å². The molecule has 0 amide bonds. The van der Waals surface area contributed by atoms with Crippen molar-refractivity contribution in [2.45, 2.75) is 57.6 Å². The summed E-state index contributed by atoms with van der Waals surface area (Å²) in [7, 11) is 0. The molecule has 34 heavy (non-hydrogen) atoms. The van der Waals surface area contributed by atoms with Crippen molar-refractivity contribution in [1.29, 1.82) is 0 Å². The van der Waals surface area contributed by atoms with E-state index in [1.165, 1.54) is 17.7 Å². The molecule has 2 fully saturated rings. The fourth-order valence-corrected chi connectivity index (χ4v) is 5.04. The Kier molecular flexibility index (Phi) is 7.49. The zero-order valence-electron chi connectivity index (χ0n) is 19.3. The summed E-state index contributed by atoms with van der Waals surface area (Å²) in [5.41, 5.74) is 2.09. The molecule has 3 aromatic rings. The number of hydrogen-bond acceptors (Lipinski definition) is 5. The maximum absolute atomic E-state index is 13.6. The van der Waals surface area contributed by atoms with E-state index < -0.39 is 0 Å². The molecule has 2 aliphatic rings. The largest absolute Gasteiger partial charge is 0.377 e. The van der Waals surface area contributed by atoms with Gasteiger partial charge in [-0.1, -0.05) is 30.3 Å². The van der Waals surface area contributed by atoms with Crippen molar-refractivity contribution in [3.05, 3.63) is 70.7 Å². The van der Waals surface area contributed by atoms with Gasteiger partial charge in [0.15, 0.2) is 10.6 Å². The summed E-state index contributed by atoms with van der Waals surface area (Å²) in [6.45, 7) is 4.42. The number of hydrogen-bond donors (Lipinski definition) is 0. The maximum Gasteiger partial charge on any atom is 0.199 e. The van der Waals surface area contributed by atoms with Crippen molar-refractivity contribution in [2.24, 2.45) is 0 Å². The Morgan fingerprint density at radius 1 is 0.971 bits per heavy atom. The molecule has 1 aromatic heterocycles. The summed E-state index contributed by atoms with van der Waals surface area (Å²) in [4.78, 5) is 2.35. The van der Waals surface area contributed by atoms with Crippen LogP contribution in [-0.2, 0) is 29.2 Å². The van der Waals surface area contributed by atoms with Gasteiger partial charge < -0.3 is 9.47 Å². The van der Waals surface area contributed by atoms with Crippen LogP contribution in [0.2, 0.25) is 0 Å². The van der Waals surface area contributed by atoms with Gasteiger partial charge in [0.1, 0.15) is 5.82 Å². The van der Waals surface area contributed by atoms with Crippen molar-refractivity contribution in [2.75, 3.05) is 19.8 Å². The molecule has 6 nitrogen and oxygen atoms in total. The third kappa shape index (κ3) is 5.63. The monoisotopic (exact) mass is 482 g/mol. The maximum atomic E-state index is 13.6. The number of halogens is 1. The van der Waals surface area contributed by atoms with Crippen LogP contribution in [0, 0.1) is 10.6 Å². The van der Waals surface area contributed by atoms with E-state index in [1.807, 2.05) is 15.3 Å². The Balaban J connectivity index is 1.44. The van der Waals surface area contributed by atoms with Crippen molar-refractivity contribution >= 4 is 12.2 Å². The quantitative estimate of drug-likeness (QED) is 0.400. The Hall–Kier alpha value is -2.39. The molecule has 2 aliphatic heterocycles. The molecule has 0 saturated carbocycles. The molecule has 2 aromatic carbocycles. The van der Waals surface area contributed by atoms with Crippen molar-refractivity contribution in [1.82, 2.24) is 19.2 Å². The first-order valence-electron chi connectivity index (χ1n) is 12.1. The molecule has 2 saturated heterocycles. The second kappa shape index (κ2) is 10.9. The molecule has 0 radical (unpaired) electrons. The first-order valence-corrected chi connectivity index (χ1v) is 12.5. The van der Waals surface area contributed by atoms with Gasteiger partial charge in [-0.2, -0.15) is 5.10 Å². The fourth-order valence-electron chi connectivity index (χ4n) is 4.78. The normalized spacial score (nSPS) is 20.4. The lowest BCUT2D eigenvalue weighted by Crippen LogP contribution is -2.34. The summed E-state index contributed by atoms with van der Waals surface area (Å²) < 4.78 is 30.0. The standard InChI is InChI=1S/C26H31FN4O2S/c27-22-12-10-21(11-13-22)25-28-31(26(34)30(25)18-24-9-5-15-33-24)19-29(17-23-8-4-14-32-23)16-20-6-2-1-3-7-20/h1-3,6-7,10-13,23-24H,4-5,8-9,14-19H2/t23-,24-/m0/s1. The predicted octanol–water partition coefficient (Wildman–Crippen LogP) is 5.04. The fraction of sp³-hybridized carbons (Fsp3) is 0.462. The average molecular weight is 483 g/mol. The molecule has 0 bridgehead atoms. The topological polar surface area (TPSA) is 44.5 Å². The van der Waals surface area contributed by atoms with Gasteiger partial charge in [-0.05, 0) is 67.7 Å². The van der Waals surface area contributed by atoms with E-state index in [9.17, 15) is 4.39 Å². The summed E-state index contributed by atoms with van der Waals surface area (Å²) in [5.74, 6) is 0.482. The Bertz CT molecular complexity index is 1120. The minimum absolute atomic E-state index is 0.121. The molecule has 2 atom stereocenters. The van der Waals surface area contributed by atoms with Crippen molar-refractivity contribution in [3.8, 4) is 11.4 Å². The number of benzene rings is 2. The second-order valence-corrected chi connectivity index (χ2v) is 9.50. The van der Waals surface area contributed by atoms with Crippen LogP contribution in [0.4, 0.5) is 4.39 Å². The predicted molar refractivity (Wildman–Crippen MR) is 131 cm³/mol. The SMILES string of the molecule is Fc1ccc(-c2nn(CN(Cc3ccccc3)C[C@@H]3CCCO3)c(=S)n2C[C@@H]2CCCO2)cc1. The summed E-state index contributed by atoms with van der Waals surface area (Å²) >= 11 is 5.91. The average Bonchev–Trinajstić information content (AvgIpc) is 3.60. The number of ether oxygens (including phenoxy) is 2. The first-order chi connectivity index (χ1) is 16.7. The smallest absolute Gasteiger partial charge is 0.199 e. The van der Waals surface area contributed by atoms with Crippen LogP contribution in [0.1, 0.15) is 31.2 Å². The van der Waals surface area contributed by atoms with Crippen LogP contribution in [0.25, 0.3) is 11.4 Å². The number of aromatic nitrogens is 3. The molecule has 3 heterocycles. The van der Waals surface area contributed by atoms with Crippen LogP contribution < -0.4 is 0 Å². The van der Waals surface area contributed by atoms with Crippen LogP contribution in [0.5, 0.6) is 0 Å². The molecule has 0 spiro atoms. The van der Waals surface area contributed by atoms with Gasteiger partial charge in [-0.15, -0.1) is 0 Å². The minimum Gasteiger partial charge on any atom is -0.377 e. The lowest BCUT2D eigenvalue weighted by atomic mass is 10.2. The van der Waals surface area contributed by atoms with Crippen LogP contribution >= 0.6 is 12.2 Å². The highest BCUT2D eigenvalue weighted by atomic mass is 32.1. The Morgan fingerprint density at radius 3 is 2.35 bits per heavy atom. The summed E-state index contributed by atoms with van der Waals surface area (Å²) in [6.07, 6.45) is 4.59. The zero-order valence-corrected chi connectivity index (χ0v) is 20.1. The van der Waals surface area contributed by atoms with E-state index in [2.05, 4.69) is 29.2 Å². The molecule has 0 unspecified atom stereocenters. The van der Waals surface area contributed by atoms with E-state index in [4.69, 9.17) is 26.8 Å². The third-order valence-corrected chi connectivity index (χ3v) is 6.94. The van der Waals surface area contributed by atoms with Crippen LogP contribution in [-0.4, -0.2) is 51.2 Å². The number of nitrogens with zero attached hydrogens (tertiary/aromatic N) is 4. The molecule has 5 rings (SSSR count). The van der Waals surface area contributed by atoms with Gasteiger partial charge in [0.05, 0.1) is 25.4 Å². The van der Waals surface area contributed by atoms with Crippen LogP contribution in [0.3, 0.4) is 0 Å². The highest BCUT2D eigenvalue weighted by molar-refractivity contribution is 7.71. The van der Waals surface area contributed by atoms with E-state index in [0.717, 1.165) is 63.4 Å². The van der Waals surface area contributed by atoms with E-state index in [1.54, 1.807) is 12.1 Å². The van der Waals surface area contributed by atoms with E-state index >= 15 is 0 Å². The van der Waals surface area contributed by atoms with Gasteiger partial charge in [0.25, 0.3) is 0 Å². The summed E-state index contributed by atoms with van der Waals surface area (Å²) in [6, 6.07) is 16.9. The molecule has 8 heteroatoms. The molecular formula is C26H31FN4O2S. The third-order valence-electron chi connectivity index (χ3n) is 6.50. The van der Waals surface area contributed by atoms with Gasteiger partial charge in [-0.3, -0.25) is 9.47 Å². The van der Waals surface area contributed by atoms with Gasteiger partial charge in [0.2, 0.25) is 0 Å². The lowest BCUT2D eigenvalue weighted by molar-refractivity contribution is 0.0565. The van der Waals surface area contributed by atoms with Crippen molar-refractivity contribution < 1.29 is 13.9 Å². The summed E-state index contributed by atoms with van der Waals surface area (Å²) in [5, 5.41) is 4.92. The molecular weight excluding hydrogens is 451 g/mol.